The zero-order valence-corrected chi connectivity index (χ0v) is 11.4. The molecule has 96 valence electrons. The maximum atomic E-state index is 10.5. The number of hydrogen-bond acceptors (Lipinski definition) is 2. The molecule has 1 aromatic heterocycles. The SMILES string of the molecule is Cn1nccc1C(O)c1ccccc1C(C)(C)C. The fraction of sp³-hybridized carbons (Fsp3) is 0.400. The summed E-state index contributed by atoms with van der Waals surface area (Å²) >= 11 is 0. The van der Waals surface area contributed by atoms with E-state index in [9.17, 15) is 5.11 Å². The van der Waals surface area contributed by atoms with Crippen LogP contribution in [0, 0.1) is 0 Å². The lowest BCUT2D eigenvalue weighted by atomic mass is 9.82. The second kappa shape index (κ2) is 4.58. The number of aliphatic hydroxyl groups excluding tert-OH is 1. The first kappa shape index (κ1) is 12.8. The maximum Gasteiger partial charge on any atom is 0.121 e. The van der Waals surface area contributed by atoms with Crippen LogP contribution in [0.15, 0.2) is 36.5 Å². The molecule has 2 aromatic rings. The number of rotatable bonds is 2. The van der Waals surface area contributed by atoms with E-state index in [4.69, 9.17) is 0 Å². The van der Waals surface area contributed by atoms with Gasteiger partial charge in [-0.05, 0) is 22.6 Å². The Balaban J connectivity index is 2.49. The van der Waals surface area contributed by atoms with Gasteiger partial charge in [0.2, 0.25) is 0 Å². The molecule has 0 saturated carbocycles. The number of nitrogens with zero attached hydrogens (tertiary/aromatic N) is 2. The molecule has 0 aliphatic rings. The third kappa shape index (κ3) is 2.31. The van der Waals surface area contributed by atoms with Gasteiger partial charge >= 0.3 is 0 Å². The highest BCUT2D eigenvalue weighted by atomic mass is 16.3. The Morgan fingerprint density at radius 2 is 1.83 bits per heavy atom. The van der Waals surface area contributed by atoms with Crippen LogP contribution in [-0.2, 0) is 12.5 Å². The monoisotopic (exact) mass is 244 g/mol. The largest absolute Gasteiger partial charge is 0.382 e. The molecule has 0 radical (unpaired) electrons. The molecule has 1 heterocycles. The van der Waals surface area contributed by atoms with E-state index in [1.54, 1.807) is 10.9 Å². The van der Waals surface area contributed by atoms with Crippen molar-refractivity contribution in [2.45, 2.75) is 32.3 Å². The van der Waals surface area contributed by atoms with Crippen LogP contribution in [0.3, 0.4) is 0 Å². The standard InChI is InChI=1S/C15H20N2O/c1-15(2,3)12-8-6-5-7-11(12)14(18)13-9-10-16-17(13)4/h5-10,14,18H,1-4H3. The molecule has 2 rings (SSSR count). The Hall–Kier alpha value is -1.61. The highest BCUT2D eigenvalue weighted by Crippen LogP contribution is 2.32. The first-order valence-electron chi connectivity index (χ1n) is 6.16. The average molecular weight is 244 g/mol. The van der Waals surface area contributed by atoms with Gasteiger partial charge in [0.1, 0.15) is 6.10 Å². The van der Waals surface area contributed by atoms with E-state index in [0.29, 0.717) is 0 Å². The van der Waals surface area contributed by atoms with E-state index in [0.717, 1.165) is 11.3 Å². The van der Waals surface area contributed by atoms with Crippen molar-refractivity contribution in [3.05, 3.63) is 53.3 Å². The smallest absolute Gasteiger partial charge is 0.121 e. The molecule has 0 aliphatic carbocycles. The van der Waals surface area contributed by atoms with Crippen molar-refractivity contribution in [1.29, 1.82) is 0 Å². The summed E-state index contributed by atoms with van der Waals surface area (Å²) in [5.41, 5.74) is 2.94. The van der Waals surface area contributed by atoms with E-state index in [1.807, 2.05) is 31.3 Å². The highest BCUT2D eigenvalue weighted by Gasteiger charge is 2.23. The lowest BCUT2D eigenvalue weighted by Crippen LogP contribution is -2.17. The summed E-state index contributed by atoms with van der Waals surface area (Å²) in [6, 6.07) is 9.89. The molecule has 1 aromatic carbocycles. The van der Waals surface area contributed by atoms with Gasteiger partial charge in [0.15, 0.2) is 0 Å². The van der Waals surface area contributed by atoms with Gasteiger partial charge in [0.25, 0.3) is 0 Å². The first-order chi connectivity index (χ1) is 8.41. The Bertz CT molecular complexity index is 537. The molecule has 1 unspecified atom stereocenters. The summed E-state index contributed by atoms with van der Waals surface area (Å²) in [7, 11) is 1.85. The van der Waals surface area contributed by atoms with Gasteiger partial charge in [-0.15, -0.1) is 0 Å². The summed E-state index contributed by atoms with van der Waals surface area (Å²) in [6.45, 7) is 6.46. The van der Waals surface area contributed by atoms with Crippen molar-refractivity contribution in [1.82, 2.24) is 9.78 Å². The third-order valence-corrected chi connectivity index (χ3v) is 3.20. The quantitative estimate of drug-likeness (QED) is 0.882. The zero-order valence-electron chi connectivity index (χ0n) is 11.4. The minimum Gasteiger partial charge on any atom is -0.382 e. The van der Waals surface area contributed by atoms with Crippen LogP contribution in [0.2, 0.25) is 0 Å². The van der Waals surface area contributed by atoms with Gasteiger partial charge in [0.05, 0.1) is 5.69 Å². The predicted octanol–water partition coefficient (Wildman–Crippen LogP) is 2.80. The third-order valence-electron chi connectivity index (χ3n) is 3.20. The molecule has 3 heteroatoms. The topological polar surface area (TPSA) is 38.0 Å². The van der Waals surface area contributed by atoms with Crippen LogP contribution >= 0.6 is 0 Å². The van der Waals surface area contributed by atoms with Crippen molar-refractivity contribution in [2.75, 3.05) is 0 Å². The van der Waals surface area contributed by atoms with E-state index in [-0.39, 0.29) is 5.41 Å². The molecule has 0 spiro atoms. The number of hydrogen-bond donors (Lipinski definition) is 1. The van der Waals surface area contributed by atoms with Crippen LogP contribution < -0.4 is 0 Å². The fourth-order valence-corrected chi connectivity index (χ4v) is 2.23. The van der Waals surface area contributed by atoms with Crippen LogP contribution in [-0.4, -0.2) is 14.9 Å². The van der Waals surface area contributed by atoms with Gasteiger partial charge in [-0.25, -0.2) is 0 Å². The van der Waals surface area contributed by atoms with Crippen molar-refractivity contribution in [3.8, 4) is 0 Å². The predicted molar refractivity (Wildman–Crippen MR) is 72.4 cm³/mol. The minimum atomic E-state index is -0.632. The van der Waals surface area contributed by atoms with E-state index >= 15 is 0 Å². The summed E-state index contributed by atoms with van der Waals surface area (Å²) in [6.07, 6.45) is 1.08. The number of aliphatic hydroxyl groups is 1. The van der Waals surface area contributed by atoms with Gasteiger partial charge in [0, 0.05) is 13.2 Å². The van der Waals surface area contributed by atoms with Crippen molar-refractivity contribution in [3.63, 3.8) is 0 Å². The highest BCUT2D eigenvalue weighted by molar-refractivity contribution is 5.37. The zero-order chi connectivity index (χ0) is 13.3. The van der Waals surface area contributed by atoms with E-state index in [2.05, 4.69) is 31.9 Å². The Labute approximate surface area is 108 Å². The summed E-state index contributed by atoms with van der Waals surface area (Å²) < 4.78 is 1.71. The van der Waals surface area contributed by atoms with Crippen molar-refractivity contribution >= 4 is 0 Å². The summed E-state index contributed by atoms with van der Waals surface area (Å²) in [5, 5.41) is 14.7. The minimum absolute atomic E-state index is 0.0101. The second-order valence-corrected chi connectivity index (χ2v) is 5.62. The van der Waals surface area contributed by atoms with Crippen LogP contribution in [0.4, 0.5) is 0 Å². The molecular formula is C15H20N2O. The molecule has 0 saturated heterocycles. The molecule has 1 N–H and O–H groups in total. The lowest BCUT2D eigenvalue weighted by Gasteiger charge is -2.25. The van der Waals surface area contributed by atoms with Gasteiger partial charge in [-0.3, -0.25) is 4.68 Å². The molecule has 1 atom stereocenters. The summed E-state index contributed by atoms with van der Waals surface area (Å²) in [4.78, 5) is 0. The average Bonchev–Trinajstić information content (AvgIpc) is 2.73. The van der Waals surface area contributed by atoms with Crippen LogP contribution in [0.5, 0.6) is 0 Å². The van der Waals surface area contributed by atoms with Gasteiger partial charge in [-0.1, -0.05) is 45.0 Å². The molecule has 0 aliphatic heterocycles. The molecule has 3 nitrogen and oxygen atoms in total. The van der Waals surface area contributed by atoms with Crippen molar-refractivity contribution < 1.29 is 5.11 Å². The lowest BCUT2D eigenvalue weighted by molar-refractivity contribution is 0.207. The maximum absolute atomic E-state index is 10.5. The molecular weight excluding hydrogens is 224 g/mol. The van der Waals surface area contributed by atoms with Crippen molar-refractivity contribution in [2.24, 2.45) is 7.05 Å². The number of aryl methyl sites for hydroxylation is 1. The normalized spacial score (nSPS) is 13.6. The Morgan fingerprint density at radius 3 is 2.39 bits per heavy atom. The number of aromatic nitrogens is 2. The molecule has 0 amide bonds. The number of benzene rings is 1. The Morgan fingerprint density at radius 1 is 1.17 bits per heavy atom. The van der Waals surface area contributed by atoms with Crippen LogP contribution in [0.25, 0.3) is 0 Å². The summed E-state index contributed by atoms with van der Waals surface area (Å²) in [5.74, 6) is 0. The molecule has 18 heavy (non-hydrogen) atoms. The Kier molecular flexibility index (Phi) is 3.26. The van der Waals surface area contributed by atoms with E-state index in [1.165, 1.54) is 5.56 Å². The molecule has 0 fully saturated rings. The van der Waals surface area contributed by atoms with Gasteiger partial charge in [-0.2, -0.15) is 5.10 Å². The van der Waals surface area contributed by atoms with Crippen LogP contribution in [0.1, 0.15) is 43.7 Å². The van der Waals surface area contributed by atoms with Gasteiger partial charge < -0.3 is 5.11 Å². The fourth-order valence-electron chi connectivity index (χ4n) is 2.23. The van der Waals surface area contributed by atoms with E-state index < -0.39 is 6.10 Å². The second-order valence-electron chi connectivity index (χ2n) is 5.62. The molecule has 0 bridgehead atoms. The first-order valence-corrected chi connectivity index (χ1v) is 6.16.